The molecule has 1 atom stereocenters. The Morgan fingerprint density at radius 1 is 1.40 bits per heavy atom. The van der Waals surface area contributed by atoms with Crippen molar-refractivity contribution in [3.63, 3.8) is 0 Å². The van der Waals surface area contributed by atoms with Crippen molar-refractivity contribution in [2.24, 2.45) is 0 Å². The SMILES string of the molecule is CC[C@@H](C)Oc1ccc(NC(=O)C(C)(C)OC)cc1C. The first-order valence-electron chi connectivity index (χ1n) is 6.94. The summed E-state index contributed by atoms with van der Waals surface area (Å²) in [6.07, 6.45) is 1.14. The molecule has 0 aliphatic rings. The quantitative estimate of drug-likeness (QED) is 0.866. The van der Waals surface area contributed by atoms with Gasteiger partial charge in [-0.15, -0.1) is 0 Å². The number of hydrogen-bond donors (Lipinski definition) is 1. The Bertz CT molecular complexity index is 469. The predicted octanol–water partition coefficient (Wildman–Crippen LogP) is 3.54. The highest BCUT2D eigenvalue weighted by atomic mass is 16.5. The van der Waals surface area contributed by atoms with Crippen molar-refractivity contribution < 1.29 is 14.3 Å². The normalized spacial score (nSPS) is 12.9. The van der Waals surface area contributed by atoms with E-state index in [1.54, 1.807) is 13.8 Å². The van der Waals surface area contributed by atoms with Gasteiger partial charge in [0.25, 0.3) is 5.91 Å². The third-order valence-corrected chi connectivity index (χ3v) is 3.39. The second kappa shape index (κ2) is 6.75. The minimum Gasteiger partial charge on any atom is -0.490 e. The summed E-state index contributed by atoms with van der Waals surface area (Å²) in [6.45, 7) is 9.55. The van der Waals surface area contributed by atoms with Gasteiger partial charge in [-0.3, -0.25) is 4.79 Å². The highest BCUT2D eigenvalue weighted by molar-refractivity contribution is 5.96. The maximum atomic E-state index is 12.0. The summed E-state index contributed by atoms with van der Waals surface area (Å²) in [5.74, 6) is 0.679. The largest absolute Gasteiger partial charge is 0.490 e. The molecule has 0 saturated heterocycles. The molecule has 20 heavy (non-hydrogen) atoms. The summed E-state index contributed by atoms with van der Waals surface area (Å²) >= 11 is 0. The third kappa shape index (κ3) is 4.23. The van der Waals surface area contributed by atoms with Crippen LogP contribution in [0.2, 0.25) is 0 Å². The van der Waals surface area contributed by atoms with Crippen LogP contribution in [-0.4, -0.2) is 24.7 Å². The zero-order valence-electron chi connectivity index (χ0n) is 13.2. The van der Waals surface area contributed by atoms with Crippen molar-refractivity contribution >= 4 is 11.6 Å². The molecule has 0 radical (unpaired) electrons. The first-order chi connectivity index (χ1) is 9.30. The van der Waals surface area contributed by atoms with Gasteiger partial charge in [-0.05, 0) is 57.9 Å². The molecule has 4 heteroatoms. The highest BCUT2D eigenvalue weighted by Gasteiger charge is 2.26. The number of aryl methyl sites for hydroxylation is 1. The molecule has 0 fully saturated rings. The molecule has 1 rings (SSSR count). The monoisotopic (exact) mass is 279 g/mol. The van der Waals surface area contributed by atoms with Crippen LogP contribution >= 0.6 is 0 Å². The molecule has 0 aromatic heterocycles. The van der Waals surface area contributed by atoms with Crippen LogP contribution in [-0.2, 0) is 9.53 Å². The van der Waals surface area contributed by atoms with Crippen molar-refractivity contribution in [3.8, 4) is 5.75 Å². The fraction of sp³-hybridized carbons (Fsp3) is 0.562. The molecule has 112 valence electrons. The van der Waals surface area contributed by atoms with Crippen LogP contribution in [0.5, 0.6) is 5.75 Å². The second-order valence-corrected chi connectivity index (χ2v) is 5.49. The van der Waals surface area contributed by atoms with Gasteiger partial charge < -0.3 is 14.8 Å². The standard InChI is InChI=1S/C16H25NO3/c1-7-12(3)20-14-9-8-13(10-11(14)2)17-15(18)16(4,5)19-6/h8-10,12H,7H2,1-6H3,(H,17,18)/t12-/m1/s1. The van der Waals surface area contributed by atoms with Crippen LogP contribution in [0.3, 0.4) is 0 Å². The molecule has 1 N–H and O–H groups in total. The number of nitrogens with one attached hydrogen (secondary N) is 1. The van der Waals surface area contributed by atoms with Gasteiger partial charge in [0, 0.05) is 12.8 Å². The second-order valence-electron chi connectivity index (χ2n) is 5.49. The van der Waals surface area contributed by atoms with Gasteiger partial charge in [0.2, 0.25) is 0 Å². The molecule has 0 heterocycles. The van der Waals surface area contributed by atoms with Crippen molar-refractivity contribution in [3.05, 3.63) is 23.8 Å². The van der Waals surface area contributed by atoms with E-state index < -0.39 is 5.60 Å². The maximum absolute atomic E-state index is 12.0. The first-order valence-corrected chi connectivity index (χ1v) is 6.94. The molecule has 0 unspecified atom stereocenters. The van der Waals surface area contributed by atoms with Crippen LogP contribution in [0, 0.1) is 6.92 Å². The molecule has 0 saturated carbocycles. The third-order valence-electron chi connectivity index (χ3n) is 3.39. The summed E-state index contributed by atoms with van der Waals surface area (Å²) in [7, 11) is 1.52. The molecule has 0 aliphatic carbocycles. The van der Waals surface area contributed by atoms with E-state index in [4.69, 9.17) is 9.47 Å². The van der Waals surface area contributed by atoms with Gasteiger partial charge in [0.1, 0.15) is 11.4 Å². The number of amides is 1. The van der Waals surface area contributed by atoms with Crippen molar-refractivity contribution in [1.29, 1.82) is 0 Å². The molecule has 4 nitrogen and oxygen atoms in total. The number of hydrogen-bond acceptors (Lipinski definition) is 3. The van der Waals surface area contributed by atoms with E-state index in [1.807, 2.05) is 32.0 Å². The van der Waals surface area contributed by atoms with E-state index in [1.165, 1.54) is 7.11 Å². The smallest absolute Gasteiger partial charge is 0.256 e. The van der Waals surface area contributed by atoms with Crippen LogP contribution in [0.1, 0.15) is 39.7 Å². The van der Waals surface area contributed by atoms with Crippen LogP contribution in [0.4, 0.5) is 5.69 Å². The van der Waals surface area contributed by atoms with E-state index in [9.17, 15) is 4.79 Å². The Hall–Kier alpha value is -1.55. The Balaban J connectivity index is 2.80. The van der Waals surface area contributed by atoms with Gasteiger partial charge in [0.15, 0.2) is 0 Å². The fourth-order valence-electron chi connectivity index (χ4n) is 1.53. The number of rotatable bonds is 6. The van der Waals surface area contributed by atoms with Gasteiger partial charge >= 0.3 is 0 Å². The molecule has 1 amide bonds. The molecule has 0 aliphatic heterocycles. The summed E-state index contributed by atoms with van der Waals surface area (Å²) in [5, 5.41) is 2.85. The van der Waals surface area contributed by atoms with Gasteiger partial charge in [-0.2, -0.15) is 0 Å². The maximum Gasteiger partial charge on any atom is 0.256 e. The zero-order chi connectivity index (χ0) is 15.3. The van der Waals surface area contributed by atoms with E-state index in [-0.39, 0.29) is 12.0 Å². The Morgan fingerprint density at radius 2 is 2.05 bits per heavy atom. The van der Waals surface area contributed by atoms with Crippen molar-refractivity contribution in [2.75, 3.05) is 12.4 Å². The predicted molar refractivity (Wildman–Crippen MR) is 81.3 cm³/mol. The summed E-state index contributed by atoms with van der Waals surface area (Å²) in [6, 6.07) is 5.63. The summed E-state index contributed by atoms with van der Waals surface area (Å²) < 4.78 is 11.0. The molecular formula is C16H25NO3. The Morgan fingerprint density at radius 3 is 2.55 bits per heavy atom. The summed E-state index contributed by atoms with van der Waals surface area (Å²) in [4.78, 5) is 12.0. The number of ether oxygens (including phenoxy) is 2. The van der Waals surface area contributed by atoms with Crippen molar-refractivity contribution in [2.45, 2.75) is 52.7 Å². The molecule has 1 aromatic rings. The lowest BCUT2D eigenvalue weighted by molar-refractivity contribution is -0.133. The lowest BCUT2D eigenvalue weighted by Crippen LogP contribution is -2.38. The van der Waals surface area contributed by atoms with E-state index >= 15 is 0 Å². The first kappa shape index (κ1) is 16.5. The van der Waals surface area contributed by atoms with Gasteiger partial charge in [-0.25, -0.2) is 0 Å². The highest BCUT2D eigenvalue weighted by Crippen LogP contribution is 2.24. The van der Waals surface area contributed by atoms with Gasteiger partial charge in [-0.1, -0.05) is 6.92 Å². The minimum absolute atomic E-state index is 0.171. The fourth-order valence-corrected chi connectivity index (χ4v) is 1.53. The number of benzene rings is 1. The number of carbonyl (C=O) groups excluding carboxylic acids is 1. The Kier molecular flexibility index (Phi) is 5.57. The van der Waals surface area contributed by atoms with Gasteiger partial charge in [0.05, 0.1) is 6.10 Å². The number of anilines is 1. The number of carbonyl (C=O) groups is 1. The average molecular weight is 279 g/mol. The van der Waals surface area contributed by atoms with E-state index in [0.717, 1.165) is 23.4 Å². The molecule has 1 aromatic carbocycles. The zero-order valence-corrected chi connectivity index (χ0v) is 13.2. The topological polar surface area (TPSA) is 47.6 Å². The average Bonchev–Trinajstić information content (AvgIpc) is 2.41. The lowest BCUT2D eigenvalue weighted by atomic mass is 10.1. The molecule has 0 spiro atoms. The minimum atomic E-state index is -0.847. The van der Waals surface area contributed by atoms with Crippen molar-refractivity contribution in [1.82, 2.24) is 0 Å². The summed E-state index contributed by atoms with van der Waals surface area (Å²) in [5.41, 5.74) is 0.896. The molecule has 0 bridgehead atoms. The van der Waals surface area contributed by atoms with Crippen LogP contribution in [0.15, 0.2) is 18.2 Å². The lowest BCUT2D eigenvalue weighted by Gasteiger charge is -2.22. The Labute approximate surface area is 121 Å². The number of methoxy groups -OCH3 is 1. The molecular weight excluding hydrogens is 254 g/mol. The van der Waals surface area contributed by atoms with Crippen LogP contribution < -0.4 is 10.1 Å². The van der Waals surface area contributed by atoms with E-state index in [2.05, 4.69) is 12.2 Å². The van der Waals surface area contributed by atoms with Crippen LogP contribution in [0.25, 0.3) is 0 Å². The van der Waals surface area contributed by atoms with E-state index in [0.29, 0.717) is 0 Å².